The Morgan fingerprint density at radius 3 is 2.85 bits per heavy atom. The molecule has 112 valence electrons. The van der Waals surface area contributed by atoms with Gasteiger partial charge in [0.25, 0.3) is 0 Å². The number of hydrogen-bond donors (Lipinski definition) is 1. The number of carbonyl (C=O) groups is 1. The maximum absolute atomic E-state index is 11.2. The Hall–Kier alpha value is -1.20. The van der Waals surface area contributed by atoms with Crippen molar-refractivity contribution in [1.29, 1.82) is 0 Å². The summed E-state index contributed by atoms with van der Waals surface area (Å²) in [6.45, 7) is 3.08. The van der Waals surface area contributed by atoms with E-state index in [4.69, 9.17) is 4.74 Å². The van der Waals surface area contributed by atoms with Crippen LogP contribution in [0.1, 0.15) is 24.9 Å². The summed E-state index contributed by atoms with van der Waals surface area (Å²) >= 11 is 1.57. The topological polar surface area (TPSA) is 47.6 Å². The van der Waals surface area contributed by atoms with Crippen LogP contribution in [0.3, 0.4) is 0 Å². The fourth-order valence-corrected chi connectivity index (χ4v) is 2.72. The van der Waals surface area contributed by atoms with Crippen LogP contribution in [0.5, 0.6) is 5.75 Å². The molecular weight excluding hydrogens is 274 g/mol. The van der Waals surface area contributed by atoms with E-state index in [1.807, 2.05) is 18.2 Å². The average molecular weight is 297 g/mol. The number of methoxy groups -OCH3 is 2. The fourth-order valence-electron chi connectivity index (χ4n) is 1.77. The second-order valence-electron chi connectivity index (χ2n) is 4.37. The van der Waals surface area contributed by atoms with Gasteiger partial charge in [0, 0.05) is 11.8 Å². The smallest absolute Gasteiger partial charge is 0.315 e. The lowest BCUT2D eigenvalue weighted by atomic mass is 10.1. The maximum atomic E-state index is 11.2. The van der Waals surface area contributed by atoms with Gasteiger partial charge in [-0.2, -0.15) is 0 Å². The van der Waals surface area contributed by atoms with Crippen LogP contribution in [0.2, 0.25) is 0 Å². The van der Waals surface area contributed by atoms with Crippen LogP contribution in [0.4, 0.5) is 0 Å². The van der Waals surface area contributed by atoms with Gasteiger partial charge in [-0.3, -0.25) is 4.79 Å². The second-order valence-corrected chi connectivity index (χ2v) is 5.40. The van der Waals surface area contributed by atoms with Crippen LogP contribution >= 0.6 is 11.8 Å². The van der Waals surface area contributed by atoms with E-state index in [-0.39, 0.29) is 12.0 Å². The second kappa shape index (κ2) is 9.66. The van der Waals surface area contributed by atoms with Crippen molar-refractivity contribution < 1.29 is 14.3 Å². The molecule has 0 saturated carbocycles. The van der Waals surface area contributed by atoms with Gasteiger partial charge >= 0.3 is 5.97 Å². The highest BCUT2D eigenvalue weighted by molar-refractivity contribution is 7.99. The van der Waals surface area contributed by atoms with E-state index in [1.165, 1.54) is 12.7 Å². The molecule has 0 amide bonds. The summed E-state index contributed by atoms with van der Waals surface area (Å²) in [6.07, 6.45) is 1.07. The predicted molar refractivity (Wildman–Crippen MR) is 83.4 cm³/mol. The summed E-state index contributed by atoms with van der Waals surface area (Å²) in [4.78, 5) is 11.2. The number of ether oxygens (including phenoxy) is 2. The van der Waals surface area contributed by atoms with E-state index in [0.717, 1.165) is 24.5 Å². The predicted octanol–water partition coefficient (Wildman–Crippen LogP) is 2.64. The first-order valence-corrected chi connectivity index (χ1v) is 7.88. The Labute approximate surface area is 125 Å². The van der Waals surface area contributed by atoms with Crippen molar-refractivity contribution in [2.75, 3.05) is 32.3 Å². The molecule has 4 nitrogen and oxygen atoms in total. The van der Waals surface area contributed by atoms with E-state index in [0.29, 0.717) is 5.75 Å². The summed E-state index contributed by atoms with van der Waals surface area (Å²) < 4.78 is 9.92. The molecule has 1 unspecified atom stereocenters. The highest BCUT2D eigenvalue weighted by atomic mass is 32.2. The third-order valence-corrected chi connectivity index (χ3v) is 3.88. The Morgan fingerprint density at radius 2 is 2.20 bits per heavy atom. The van der Waals surface area contributed by atoms with Gasteiger partial charge in [0.1, 0.15) is 5.75 Å². The molecule has 0 aliphatic carbocycles. The molecule has 0 saturated heterocycles. The van der Waals surface area contributed by atoms with Gasteiger partial charge in [0.2, 0.25) is 0 Å². The van der Waals surface area contributed by atoms with Gasteiger partial charge in [-0.05, 0) is 30.7 Å². The molecule has 0 aromatic heterocycles. The first-order valence-electron chi connectivity index (χ1n) is 6.73. The Morgan fingerprint density at radius 1 is 1.40 bits per heavy atom. The number of esters is 1. The molecule has 0 spiro atoms. The summed E-state index contributed by atoms with van der Waals surface area (Å²) in [5.74, 6) is 1.87. The molecule has 0 aliphatic rings. The van der Waals surface area contributed by atoms with E-state index < -0.39 is 0 Å². The van der Waals surface area contributed by atoms with E-state index in [2.05, 4.69) is 23.0 Å². The monoisotopic (exact) mass is 297 g/mol. The van der Waals surface area contributed by atoms with Gasteiger partial charge in [0.15, 0.2) is 0 Å². The normalized spacial score (nSPS) is 11.9. The number of benzene rings is 1. The molecule has 0 heterocycles. The minimum absolute atomic E-state index is 0.185. The first-order chi connectivity index (χ1) is 9.71. The van der Waals surface area contributed by atoms with E-state index in [9.17, 15) is 4.79 Å². The van der Waals surface area contributed by atoms with E-state index in [1.54, 1.807) is 18.9 Å². The van der Waals surface area contributed by atoms with Crippen LogP contribution in [-0.2, 0) is 9.53 Å². The van der Waals surface area contributed by atoms with Crippen LogP contribution in [0.15, 0.2) is 24.3 Å². The molecule has 1 rings (SSSR count). The first kappa shape index (κ1) is 16.9. The zero-order valence-corrected chi connectivity index (χ0v) is 13.2. The maximum Gasteiger partial charge on any atom is 0.315 e. The lowest BCUT2D eigenvalue weighted by Gasteiger charge is -2.19. The fraction of sp³-hybridized carbons (Fsp3) is 0.533. The SMILES string of the molecule is CCCNC(CSCC(=O)OC)c1cccc(OC)c1. The molecule has 1 N–H and O–H groups in total. The molecule has 0 bridgehead atoms. The molecule has 1 atom stereocenters. The Balaban J connectivity index is 2.64. The highest BCUT2D eigenvalue weighted by Crippen LogP contribution is 2.22. The molecule has 0 fully saturated rings. The van der Waals surface area contributed by atoms with Gasteiger partial charge in [-0.25, -0.2) is 0 Å². The van der Waals surface area contributed by atoms with Crippen LogP contribution in [0, 0.1) is 0 Å². The summed E-state index contributed by atoms with van der Waals surface area (Å²) in [5, 5.41) is 3.50. The Kier molecular flexibility index (Phi) is 8.14. The summed E-state index contributed by atoms with van der Waals surface area (Å²) in [6, 6.07) is 8.24. The highest BCUT2D eigenvalue weighted by Gasteiger charge is 2.12. The van der Waals surface area contributed by atoms with Gasteiger partial charge < -0.3 is 14.8 Å². The van der Waals surface area contributed by atoms with Gasteiger partial charge in [-0.15, -0.1) is 11.8 Å². The molecule has 20 heavy (non-hydrogen) atoms. The van der Waals surface area contributed by atoms with Crippen LogP contribution in [0.25, 0.3) is 0 Å². The largest absolute Gasteiger partial charge is 0.497 e. The van der Waals surface area contributed by atoms with Crippen LogP contribution < -0.4 is 10.1 Å². The quantitative estimate of drug-likeness (QED) is 0.710. The van der Waals surface area contributed by atoms with Crippen molar-refractivity contribution in [1.82, 2.24) is 5.32 Å². The number of carbonyl (C=O) groups excluding carboxylic acids is 1. The lowest BCUT2D eigenvalue weighted by molar-refractivity contribution is -0.137. The minimum Gasteiger partial charge on any atom is -0.497 e. The van der Waals surface area contributed by atoms with Crippen molar-refractivity contribution in [2.24, 2.45) is 0 Å². The number of thioether (sulfide) groups is 1. The van der Waals surface area contributed by atoms with Crippen molar-refractivity contribution in [3.8, 4) is 5.75 Å². The molecular formula is C15H23NO3S. The Bertz CT molecular complexity index is 412. The molecule has 5 heteroatoms. The van der Waals surface area contributed by atoms with E-state index >= 15 is 0 Å². The molecule has 0 radical (unpaired) electrons. The zero-order chi connectivity index (χ0) is 14.8. The molecule has 1 aromatic carbocycles. The average Bonchev–Trinajstić information content (AvgIpc) is 2.50. The van der Waals surface area contributed by atoms with Gasteiger partial charge in [-0.1, -0.05) is 19.1 Å². The molecule has 1 aromatic rings. The third-order valence-electron chi connectivity index (χ3n) is 2.87. The number of rotatable bonds is 9. The van der Waals surface area contributed by atoms with Gasteiger partial charge in [0.05, 0.1) is 20.0 Å². The van der Waals surface area contributed by atoms with Crippen molar-refractivity contribution in [3.05, 3.63) is 29.8 Å². The number of nitrogens with one attached hydrogen (secondary N) is 1. The van der Waals surface area contributed by atoms with Crippen LogP contribution in [-0.4, -0.2) is 38.2 Å². The van der Waals surface area contributed by atoms with Crippen molar-refractivity contribution >= 4 is 17.7 Å². The minimum atomic E-state index is -0.185. The zero-order valence-electron chi connectivity index (χ0n) is 12.3. The standard InChI is InChI=1S/C15H23NO3S/c1-4-8-16-14(10-20-11-15(17)19-3)12-6-5-7-13(9-12)18-2/h5-7,9,14,16H,4,8,10-11H2,1-3H3. The summed E-state index contributed by atoms with van der Waals surface area (Å²) in [5.41, 5.74) is 1.18. The summed E-state index contributed by atoms with van der Waals surface area (Å²) in [7, 11) is 3.08. The number of hydrogen-bond acceptors (Lipinski definition) is 5. The van der Waals surface area contributed by atoms with Crippen molar-refractivity contribution in [3.63, 3.8) is 0 Å². The lowest BCUT2D eigenvalue weighted by Crippen LogP contribution is -2.24. The molecule has 0 aliphatic heterocycles. The van der Waals surface area contributed by atoms with Crippen molar-refractivity contribution in [2.45, 2.75) is 19.4 Å². The third kappa shape index (κ3) is 5.84.